The number of anilines is 1. The molecule has 1 amide bonds. The third-order valence-electron chi connectivity index (χ3n) is 5.23. The van der Waals surface area contributed by atoms with E-state index in [2.05, 4.69) is 4.98 Å². The molecule has 2 heterocycles. The van der Waals surface area contributed by atoms with Gasteiger partial charge >= 0.3 is 0 Å². The number of carbonyl (C=O) groups excluding carboxylic acids is 2. The average molecular weight is 434 g/mol. The average Bonchev–Trinajstić information content (AvgIpc) is 3.09. The van der Waals surface area contributed by atoms with Crippen molar-refractivity contribution in [2.45, 2.75) is 6.04 Å². The number of nitrogens with zero attached hydrogens (tertiary/aromatic N) is 2. The molecule has 0 bridgehead atoms. The van der Waals surface area contributed by atoms with Crippen molar-refractivity contribution in [3.8, 4) is 11.5 Å². The highest BCUT2D eigenvalue weighted by Crippen LogP contribution is 2.43. The number of aliphatic hydroxyl groups excluding tert-OH is 1. The van der Waals surface area contributed by atoms with Gasteiger partial charge in [0.15, 0.2) is 0 Å². The van der Waals surface area contributed by atoms with Crippen molar-refractivity contribution in [1.82, 2.24) is 4.98 Å². The molecule has 1 fully saturated rings. The molecule has 32 heavy (non-hydrogen) atoms. The van der Waals surface area contributed by atoms with Gasteiger partial charge in [0.25, 0.3) is 11.7 Å². The number of hydrogen-bond donors (Lipinski definition) is 1. The molecule has 8 heteroatoms. The Bertz CT molecular complexity index is 1210. The number of halogens is 1. The summed E-state index contributed by atoms with van der Waals surface area (Å²) in [5.74, 6) is -1.82. The number of aliphatic hydroxyl groups is 1. The van der Waals surface area contributed by atoms with Gasteiger partial charge < -0.3 is 14.6 Å². The number of Topliss-reactive ketones (excluding diaryl/α,β-unsaturated/α-hetero) is 1. The second kappa shape index (κ2) is 8.50. The molecule has 1 atom stereocenters. The second-order valence-corrected chi connectivity index (χ2v) is 6.99. The summed E-state index contributed by atoms with van der Waals surface area (Å²) in [6.07, 6.45) is 3.04. The minimum atomic E-state index is -0.949. The predicted molar refractivity (Wildman–Crippen MR) is 115 cm³/mol. The first-order chi connectivity index (χ1) is 15.5. The van der Waals surface area contributed by atoms with E-state index in [1.165, 1.54) is 55.8 Å². The zero-order valence-corrected chi connectivity index (χ0v) is 17.3. The minimum Gasteiger partial charge on any atom is -0.507 e. The number of pyridine rings is 1. The van der Waals surface area contributed by atoms with Crippen LogP contribution >= 0.6 is 0 Å². The SMILES string of the molecule is COc1ccc(/C(O)=C2/C(=O)C(=O)N(c3ccc(F)cc3)C2c2ccncc2)c(OC)c1. The normalized spacial score (nSPS) is 17.5. The molecular weight excluding hydrogens is 415 g/mol. The van der Waals surface area contributed by atoms with Crippen molar-refractivity contribution < 1.29 is 28.6 Å². The number of methoxy groups -OCH3 is 2. The van der Waals surface area contributed by atoms with E-state index in [1.54, 1.807) is 30.3 Å². The van der Waals surface area contributed by atoms with Crippen LogP contribution in [0.1, 0.15) is 17.2 Å². The largest absolute Gasteiger partial charge is 0.507 e. The second-order valence-electron chi connectivity index (χ2n) is 6.99. The highest BCUT2D eigenvalue weighted by molar-refractivity contribution is 6.51. The summed E-state index contributed by atoms with van der Waals surface area (Å²) in [5, 5.41) is 11.2. The Morgan fingerprint density at radius 3 is 2.31 bits per heavy atom. The van der Waals surface area contributed by atoms with E-state index in [9.17, 15) is 19.1 Å². The maximum Gasteiger partial charge on any atom is 0.300 e. The first-order valence-electron chi connectivity index (χ1n) is 9.65. The van der Waals surface area contributed by atoms with Gasteiger partial charge in [-0.15, -0.1) is 0 Å². The lowest BCUT2D eigenvalue weighted by atomic mass is 9.95. The van der Waals surface area contributed by atoms with Gasteiger partial charge in [0.1, 0.15) is 23.1 Å². The smallest absolute Gasteiger partial charge is 0.300 e. The van der Waals surface area contributed by atoms with Crippen molar-refractivity contribution in [2.24, 2.45) is 0 Å². The van der Waals surface area contributed by atoms with Gasteiger partial charge in [-0.3, -0.25) is 19.5 Å². The number of ether oxygens (including phenoxy) is 2. The van der Waals surface area contributed by atoms with Gasteiger partial charge in [-0.1, -0.05) is 0 Å². The number of hydrogen-bond acceptors (Lipinski definition) is 6. The molecule has 1 unspecified atom stereocenters. The number of rotatable bonds is 5. The molecule has 1 saturated heterocycles. The summed E-state index contributed by atoms with van der Waals surface area (Å²) in [4.78, 5) is 31.4. The van der Waals surface area contributed by atoms with E-state index in [0.29, 0.717) is 17.0 Å². The van der Waals surface area contributed by atoms with E-state index < -0.39 is 29.3 Å². The lowest BCUT2D eigenvalue weighted by Crippen LogP contribution is -2.29. The van der Waals surface area contributed by atoms with E-state index >= 15 is 0 Å². The van der Waals surface area contributed by atoms with Gasteiger partial charge in [0.05, 0.1) is 31.4 Å². The number of aromatic nitrogens is 1. The first kappa shape index (κ1) is 21.0. The van der Waals surface area contributed by atoms with Crippen LogP contribution < -0.4 is 14.4 Å². The highest BCUT2D eigenvalue weighted by atomic mass is 19.1. The van der Waals surface area contributed by atoms with Crippen molar-refractivity contribution >= 4 is 23.1 Å². The lowest BCUT2D eigenvalue weighted by molar-refractivity contribution is -0.132. The Labute approximate surface area is 183 Å². The number of carbonyl (C=O) groups is 2. The third-order valence-corrected chi connectivity index (χ3v) is 5.23. The molecule has 1 aliphatic heterocycles. The van der Waals surface area contributed by atoms with Crippen LogP contribution in [0.2, 0.25) is 0 Å². The summed E-state index contributed by atoms with van der Waals surface area (Å²) >= 11 is 0. The topological polar surface area (TPSA) is 89.0 Å². The molecule has 0 saturated carbocycles. The van der Waals surface area contributed by atoms with Crippen LogP contribution in [0.4, 0.5) is 10.1 Å². The molecule has 2 aromatic carbocycles. The Hall–Kier alpha value is -4.20. The van der Waals surface area contributed by atoms with Gasteiger partial charge in [0, 0.05) is 24.1 Å². The van der Waals surface area contributed by atoms with Crippen LogP contribution in [0.5, 0.6) is 11.5 Å². The lowest BCUT2D eigenvalue weighted by Gasteiger charge is -2.25. The van der Waals surface area contributed by atoms with Crippen LogP contribution in [0, 0.1) is 5.82 Å². The summed E-state index contributed by atoms with van der Waals surface area (Å²) in [6, 6.07) is 12.3. The molecular formula is C24H19FN2O5. The quantitative estimate of drug-likeness (QED) is 0.373. The summed E-state index contributed by atoms with van der Waals surface area (Å²) in [7, 11) is 2.91. The van der Waals surface area contributed by atoms with Gasteiger partial charge in [-0.25, -0.2) is 4.39 Å². The first-order valence-corrected chi connectivity index (χ1v) is 9.65. The van der Waals surface area contributed by atoms with Crippen molar-refractivity contribution in [3.63, 3.8) is 0 Å². The van der Waals surface area contributed by atoms with E-state index in [1.807, 2.05) is 0 Å². The zero-order chi connectivity index (χ0) is 22.8. The molecule has 1 N–H and O–H groups in total. The van der Waals surface area contributed by atoms with Crippen molar-refractivity contribution in [1.29, 1.82) is 0 Å². The van der Waals surface area contributed by atoms with Gasteiger partial charge in [-0.2, -0.15) is 0 Å². The monoisotopic (exact) mass is 434 g/mol. The Kier molecular flexibility index (Phi) is 5.59. The Balaban J connectivity index is 1.95. The number of amides is 1. The molecule has 1 aliphatic rings. The summed E-state index contributed by atoms with van der Waals surface area (Å²) in [6.45, 7) is 0. The van der Waals surface area contributed by atoms with E-state index in [-0.39, 0.29) is 16.9 Å². The fourth-order valence-electron chi connectivity index (χ4n) is 3.70. The van der Waals surface area contributed by atoms with Crippen LogP contribution in [-0.2, 0) is 9.59 Å². The maximum absolute atomic E-state index is 13.5. The van der Waals surface area contributed by atoms with Crippen LogP contribution in [0.25, 0.3) is 5.76 Å². The summed E-state index contributed by atoms with van der Waals surface area (Å²) in [5.41, 5.74) is 0.979. The fraction of sp³-hybridized carbons (Fsp3) is 0.125. The highest BCUT2D eigenvalue weighted by Gasteiger charge is 2.47. The van der Waals surface area contributed by atoms with Crippen molar-refractivity contribution in [3.05, 3.63) is 89.5 Å². The predicted octanol–water partition coefficient (Wildman–Crippen LogP) is 3.86. The van der Waals surface area contributed by atoms with Crippen molar-refractivity contribution in [2.75, 3.05) is 19.1 Å². The van der Waals surface area contributed by atoms with E-state index in [0.717, 1.165) is 0 Å². The zero-order valence-electron chi connectivity index (χ0n) is 17.3. The van der Waals surface area contributed by atoms with Crippen LogP contribution in [0.15, 0.2) is 72.6 Å². The molecule has 7 nitrogen and oxygen atoms in total. The Morgan fingerprint density at radius 2 is 1.69 bits per heavy atom. The summed E-state index contributed by atoms with van der Waals surface area (Å²) < 4.78 is 24.0. The van der Waals surface area contributed by atoms with E-state index in [4.69, 9.17) is 9.47 Å². The van der Waals surface area contributed by atoms with Crippen LogP contribution in [0.3, 0.4) is 0 Å². The van der Waals surface area contributed by atoms with Gasteiger partial charge in [-0.05, 0) is 54.1 Å². The Morgan fingerprint density at radius 1 is 1.00 bits per heavy atom. The minimum absolute atomic E-state index is 0.117. The third kappa shape index (κ3) is 3.56. The molecule has 0 spiro atoms. The molecule has 0 radical (unpaired) electrons. The number of ketones is 1. The standard InChI is InChI=1S/C24H19FN2O5/c1-31-17-7-8-18(19(13-17)32-2)22(28)20-21(14-9-11-26-12-10-14)27(24(30)23(20)29)16-5-3-15(25)4-6-16/h3-13,21,28H,1-2H3/b22-20-. The maximum atomic E-state index is 13.5. The molecule has 162 valence electrons. The molecule has 3 aromatic rings. The van der Waals surface area contributed by atoms with Gasteiger partial charge in [0.2, 0.25) is 0 Å². The number of benzene rings is 2. The van der Waals surface area contributed by atoms with Crippen LogP contribution in [-0.4, -0.2) is 36.0 Å². The fourth-order valence-corrected chi connectivity index (χ4v) is 3.70. The molecule has 1 aromatic heterocycles. The molecule has 0 aliphatic carbocycles. The molecule has 4 rings (SSSR count).